The summed E-state index contributed by atoms with van der Waals surface area (Å²) in [6.45, 7) is 0. The van der Waals surface area contributed by atoms with Crippen LogP contribution in [-0.2, 0) is 0 Å². The summed E-state index contributed by atoms with van der Waals surface area (Å²) in [6, 6.07) is 74.6. The minimum Gasteiger partial charge on any atom is -0.310 e. The van der Waals surface area contributed by atoms with Crippen LogP contribution in [0.2, 0.25) is 0 Å². The Morgan fingerprint density at radius 3 is 0.982 bits per heavy atom. The molecule has 0 fully saturated rings. The fraction of sp³-hybridized carbons (Fsp3) is 0. The van der Waals surface area contributed by atoms with Crippen molar-refractivity contribution in [3.8, 4) is 22.5 Å². The molecular formula is C53H34N2. The quantitative estimate of drug-likeness (QED) is 0.166. The van der Waals surface area contributed by atoms with Gasteiger partial charge in [0.1, 0.15) is 0 Å². The molecule has 10 aromatic carbocycles. The maximum atomic E-state index is 5.07. The summed E-state index contributed by atoms with van der Waals surface area (Å²) < 4.78 is 0. The summed E-state index contributed by atoms with van der Waals surface area (Å²) in [5, 5.41) is 15.2. The lowest BCUT2D eigenvalue weighted by Gasteiger charge is -2.27. The number of fused-ring (bicyclic) bond motifs is 12. The van der Waals surface area contributed by atoms with Crippen molar-refractivity contribution in [1.82, 2.24) is 4.98 Å². The van der Waals surface area contributed by atoms with Crippen molar-refractivity contribution in [1.29, 1.82) is 0 Å². The Morgan fingerprint density at radius 1 is 0.236 bits per heavy atom. The van der Waals surface area contributed by atoms with Crippen molar-refractivity contribution >= 4 is 81.7 Å². The first-order valence-electron chi connectivity index (χ1n) is 18.9. The highest BCUT2D eigenvalue weighted by atomic mass is 15.1. The van der Waals surface area contributed by atoms with E-state index in [-0.39, 0.29) is 0 Å². The lowest BCUT2D eigenvalue weighted by atomic mass is 9.93. The van der Waals surface area contributed by atoms with Crippen molar-refractivity contribution in [3.63, 3.8) is 0 Å². The van der Waals surface area contributed by atoms with Crippen molar-refractivity contribution in [3.05, 3.63) is 206 Å². The summed E-state index contributed by atoms with van der Waals surface area (Å²) in [5.74, 6) is 0. The Morgan fingerprint density at radius 2 is 0.564 bits per heavy atom. The average Bonchev–Trinajstić information content (AvgIpc) is 3.27. The first kappa shape index (κ1) is 31.3. The van der Waals surface area contributed by atoms with E-state index in [1.165, 1.54) is 64.6 Å². The summed E-state index contributed by atoms with van der Waals surface area (Å²) in [5.41, 5.74) is 7.40. The van der Waals surface area contributed by atoms with Gasteiger partial charge >= 0.3 is 0 Å². The predicted octanol–water partition coefficient (Wildman–Crippen LogP) is 14.8. The number of hydrogen-bond acceptors (Lipinski definition) is 2. The molecule has 0 N–H and O–H groups in total. The molecule has 55 heavy (non-hydrogen) atoms. The van der Waals surface area contributed by atoms with Crippen LogP contribution < -0.4 is 4.90 Å². The van der Waals surface area contributed by atoms with Crippen LogP contribution in [0.5, 0.6) is 0 Å². The van der Waals surface area contributed by atoms with Crippen LogP contribution in [-0.4, -0.2) is 4.98 Å². The lowest BCUT2D eigenvalue weighted by Crippen LogP contribution is -2.10. The van der Waals surface area contributed by atoms with Crippen LogP contribution in [0.1, 0.15) is 0 Å². The summed E-state index contributed by atoms with van der Waals surface area (Å²) in [7, 11) is 0. The summed E-state index contributed by atoms with van der Waals surface area (Å²) >= 11 is 0. The Bertz CT molecular complexity index is 3030. The number of anilines is 3. The van der Waals surface area contributed by atoms with Crippen LogP contribution in [0.4, 0.5) is 17.1 Å². The highest BCUT2D eigenvalue weighted by molar-refractivity contribution is 6.27. The lowest BCUT2D eigenvalue weighted by molar-refractivity contribution is 1.29. The molecule has 0 aliphatic heterocycles. The van der Waals surface area contributed by atoms with Gasteiger partial charge in [0, 0.05) is 28.2 Å². The molecule has 256 valence electrons. The molecule has 0 atom stereocenters. The fourth-order valence-electron chi connectivity index (χ4n) is 8.66. The highest BCUT2D eigenvalue weighted by Crippen LogP contribution is 2.43. The molecule has 0 spiro atoms. The second-order valence-corrected chi connectivity index (χ2v) is 14.3. The highest BCUT2D eigenvalue weighted by Gasteiger charge is 2.18. The number of aromatic nitrogens is 1. The van der Waals surface area contributed by atoms with Gasteiger partial charge in [-0.05, 0) is 113 Å². The van der Waals surface area contributed by atoms with Crippen LogP contribution in [0.25, 0.3) is 87.1 Å². The number of rotatable bonds is 5. The summed E-state index contributed by atoms with van der Waals surface area (Å²) in [6.07, 6.45) is 0. The van der Waals surface area contributed by atoms with Crippen LogP contribution in [0.3, 0.4) is 0 Å². The molecule has 0 aliphatic rings. The summed E-state index contributed by atoms with van der Waals surface area (Å²) in [4.78, 5) is 7.47. The van der Waals surface area contributed by atoms with Gasteiger partial charge < -0.3 is 4.90 Å². The van der Waals surface area contributed by atoms with Crippen molar-refractivity contribution in [2.75, 3.05) is 4.90 Å². The van der Waals surface area contributed by atoms with E-state index < -0.39 is 0 Å². The molecule has 0 radical (unpaired) electrons. The molecule has 0 aliphatic carbocycles. The molecule has 11 rings (SSSR count). The Labute approximate surface area is 319 Å². The number of pyridine rings is 1. The number of hydrogen-bond donors (Lipinski definition) is 0. The van der Waals surface area contributed by atoms with E-state index in [0.717, 1.165) is 39.6 Å². The molecule has 0 bridgehead atoms. The standard InChI is InChI=1S/C53H34N2/c1-2-13-35(14-3-1)52-23-12-24-53(54-52)36-25-27-37(28-26-36)55(38-29-31-48-44-19-6-4-15-40(44)42-17-8-10-21-46(42)50(48)33-38)39-30-32-49-45-20-7-5-16-41(45)43-18-9-11-22-47(43)51(49)34-39/h1-34H. The molecule has 11 aromatic rings. The van der Waals surface area contributed by atoms with Gasteiger partial charge in [-0.1, -0.05) is 158 Å². The zero-order valence-electron chi connectivity index (χ0n) is 30.0. The van der Waals surface area contributed by atoms with Gasteiger partial charge in [0.25, 0.3) is 0 Å². The van der Waals surface area contributed by atoms with Gasteiger partial charge in [0.15, 0.2) is 0 Å². The molecule has 1 heterocycles. The van der Waals surface area contributed by atoms with Gasteiger partial charge in [-0.25, -0.2) is 4.98 Å². The number of nitrogens with zero attached hydrogens (tertiary/aromatic N) is 2. The van der Waals surface area contributed by atoms with E-state index in [4.69, 9.17) is 4.98 Å². The topological polar surface area (TPSA) is 16.1 Å². The maximum absolute atomic E-state index is 5.07. The average molecular weight is 699 g/mol. The third kappa shape index (κ3) is 5.15. The van der Waals surface area contributed by atoms with E-state index in [9.17, 15) is 0 Å². The molecular weight excluding hydrogens is 665 g/mol. The monoisotopic (exact) mass is 698 g/mol. The molecule has 0 saturated heterocycles. The third-order valence-corrected chi connectivity index (χ3v) is 11.2. The predicted molar refractivity (Wildman–Crippen MR) is 235 cm³/mol. The number of benzene rings is 10. The molecule has 0 amide bonds. The molecule has 1 aromatic heterocycles. The van der Waals surface area contributed by atoms with E-state index in [1.807, 2.05) is 6.07 Å². The van der Waals surface area contributed by atoms with Gasteiger partial charge in [-0.3, -0.25) is 0 Å². The third-order valence-electron chi connectivity index (χ3n) is 11.2. The van der Waals surface area contributed by atoms with Gasteiger partial charge in [-0.2, -0.15) is 0 Å². The van der Waals surface area contributed by atoms with Crippen molar-refractivity contribution in [2.24, 2.45) is 0 Å². The van der Waals surface area contributed by atoms with Gasteiger partial charge in [0.2, 0.25) is 0 Å². The molecule has 0 unspecified atom stereocenters. The molecule has 0 saturated carbocycles. The fourth-order valence-corrected chi connectivity index (χ4v) is 8.66. The van der Waals surface area contributed by atoms with Crippen molar-refractivity contribution in [2.45, 2.75) is 0 Å². The normalized spacial score (nSPS) is 11.6. The second-order valence-electron chi connectivity index (χ2n) is 14.3. The van der Waals surface area contributed by atoms with E-state index in [2.05, 4.69) is 205 Å². The Hall–Kier alpha value is -7.29. The first-order chi connectivity index (χ1) is 27.3. The zero-order chi connectivity index (χ0) is 36.3. The SMILES string of the molecule is c1ccc(-c2cccc(-c3ccc(N(c4ccc5c6ccccc6c6ccccc6c5c4)c4ccc5c6ccccc6c6ccccc6c5c4)cc3)n2)cc1. The van der Waals surface area contributed by atoms with Gasteiger partial charge in [-0.15, -0.1) is 0 Å². The van der Waals surface area contributed by atoms with Crippen molar-refractivity contribution < 1.29 is 0 Å². The minimum atomic E-state index is 0.951. The first-order valence-corrected chi connectivity index (χ1v) is 18.9. The van der Waals surface area contributed by atoms with E-state index in [0.29, 0.717) is 0 Å². The Kier molecular flexibility index (Phi) is 7.21. The maximum Gasteiger partial charge on any atom is 0.0709 e. The van der Waals surface area contributed by atoms with Crippen LogP contribution >= 0.6 is 0 Å². The zero-order valence-corrected chi connectivity index (χ0v) is 30.0. The molecule has 2 nitrogen and oxygen atoms in total. The van der Waals surface area contributed by atoms with E-state index >= 15 is 0 Å². The Balaban J connectivity index is 1.13. The molecule has 2 heteroatoms. The second kappa shape index (κ2) is 12.7. The minimum absolute atomic E-state index is 0.951. The largest absolute Gasteiger partial charge is 0.310 e. The van der Waals surface area contributed by atoms with Crippen LogP contribution in [0.15, 0.2) is 206 Å². The van der Waals surface area contributed by atoms with Gasteiger partial charge in [0.05, 0.1) is 11.4 Å². The smallest absolute Gasteiger partial charge is 0.0709 e. The van der Waals surface area contributed by atoms with E-state index in [1.54, 1.807) is 0 Å². The van der Waals surface area contributed by atoms with Crippen LogP contribution in [0, 0.1) is 0 Å².